The van der Waals surface area contributed by atoms with E-state index in [-0.39, 0.29) is 30.5 Å². The zero-order valence-electron chi connectivity index (χ0n) is 16.6. The van der Waals surface area contributed by atoms with Gasteiger partial charge in [0, 0.05) is 30.1 Å². The smallest absolute Gasteiger partial charge is 0.306 e. The summed E-state index contributed by atoms with van der Waals surface area (Å²) in [6.45, 7) is 0.438. The lowest BCUT2D eigenvalue weighted by Gasteiger charge is -2.17. The quantitative estimate of drug-likeness (QED) is 0.449. The predicted molar refractivity (Wildman–Crippen MR) is 115 cm³/mol. The maximum absolute atomic E-state index is 13.6. The monoisotopic (exact) mass is 457 g/mol. The van der Waals surface area contributed by atoms with Crippen LogP contribution in [0.2, 0.25) is 5.02 Å². The molecule has 1 aliphatic heterocycles. The Hall–Kier alpha value is -3.79. The minimum Gasteiger partial charge on any atom is -0.311 e. The van der Waals surface area contributed by atoms with Crippen LogP contribution >= 0.6 is 11.6 Å². The summed E-state index contributed by atoms with van der Waals surface area (Å²) in [4.78, 5) is 36.6. The number of nitro groups is 1. The van der Waals surface area contributed by atoms with Crippen molar-refractivity contribution >= 4 is 40.6 Å². The molecule has 1 atom stereocenters. The van der Waals surface area contributed by atoms with Gasteiger partial charge in [0.05, 0.1) is 29.3 Å². The second-order valence-corrected chi connectivity index (χ2v) is 7.72. The molecule has 2 amide bonds. The fourth-order valence-electron chi connectivity index (χ4n) is 3.50. The van der Waals surface area contributed by atoms with Crippen molar-refractivity contribution in [3.8, 4) is 0 Å². The van der Waals surface area contributed by atoms with Crippen molar-refractivity contribution in [2.75, 3.05) is 16.8 Å². The van der Waals surface area contributed by atoms with Crippen LogP contribution < -0.4 is 10.2 Å². The summed E-state index contributed by atoms with van der Waals surface area (Å²) in [5.74, 6) is -1.96. The highest BCUT2D eigenvalue weighted by Crippen LogP contribution is 2.30. The molecule has 0 radical (unpaired) electrons. The summed E-state index contributed by atoms with van der Waals surface area (Å²) >= 11 is 5.90. The first kappa shape index (κ1) is 21.4. The highest BCUT2D eigenvalue weighted by molar-refractivity contribution is 6.30. The molecule has 0 spiro atoms. The predicted octanol–water partition coefficient (Wildman–Crippen LogP) is 3.62. The highest BCUT2D eigenvalue weighted by Gasteiger charge is 2.36. The van der Waals surface area contributed by atoms with E-state index in [1.165, 1.54) is 11.0 Å². The first-order chi connectivity index (χ1) is 15.3. The van der Waals surface area contributed by atoms with Crippen molar-refractivity contribution in [3.05, 3.63) is 81.2 Å². The molecule has 0 aliphatic carbocycles. The number of hydrogen-bond donors (Lipinski definition) is 1. The molecule has 1 fully saturated rings. The molecule has 1 saturated heterocycles. The Morgan fingerprint density at radius 3 is 2.72 bits per heavy atom. The van der Waals surface area contributed by atoms with E-state index in [9.17, 15) is 24.1 Å². The van der Waals surface area contributed by atoms with Gasteiger partial charge in [-0.1, -0.05) is 23.7 Å². The average Bonchev–Trinajstić information content (AvgIpc) is 3.36. The molecule has 32 heavy (non-hydrogen) atoms. The van der Waals surface area contributed by atoms with E-state index >= 15 is 0 Å². The number of nitrogens with zero attached hydrogens (tertiary/aromatic N) is 4. The number of halogens is 2. The van der Waals surface area contributed by atoms with Crippen LogP contribution in [0, 0.1) is 21.8 Å². The van der Waals surface area contributed by atoms with Crippen LogP contribution in [-0.2, 0) is 16.1 Å². The first-order valence-corrected chi connectivity index (χ1v) is 10.0. The van der Waals surface area contributed by atoms with E-state index in [1.807, 2.05) is 12.1 Å². The Labute approximate surface area is 186 Å². The van der Waals surface area contributed by atoms with Crippen LogP contribution in [0.5, 0.6) is 0 Å². The number of hydrogen-bond acceptors (Lipinski definition) is 5. The van der Waals surface area contributed by atoms with Gasteiger partial charge >= 0.3 is 5.69 Å². The Morgan fingerprint density at radius 1 is 1.25 bits per heavy atom. The molecule has 11 heteroatoms. The lowest BCUT2D eigenvalue weighted by atomic mass is 10.1. The van der Waals surface area contributed by atoms with Crippen molar-refractivity contribution in [2.45, 2.75) is 13.0 Å². The maximum Gasteiger partial charge on any atom is 0.306 e. The second-order valence-electron chi connectivity index (χ2n) is 7.29. The van der Waals surface area contributed by atoms with Gasteiger partial charge in [0.25, 0.3) is 0 Å². The SMILES string of the molecule is O=C(Nc1ccnn1Cc1ccc(Cl)cc1)C1CC(=O)N(c2ccc(F)c([N+](=O)[O-])c2)C1. The lowest BCUT2D eigenvalue weighted by molar-refractivity contribution is -0.387. The highest BCUT2D eigenvalue weighted by atomic mass is 35.5. The summed E-state index contributed by atoms with van der Waals surface area (Å²) in [5.41, 5.74) is 0.384. The molecule has 1 aromatic heterocycles. The number of carbonyl (C=O) groups excluding carboxylic acids is 2. The molecule has 0 bridgehead atoms. The van der Waals surface area contributed by atoms with Crippen molar-refractivity contribution in [1.29, 1.82) is 0 Å². The maximum atomic E-state index is 13.6. The van der Waals surface area contributed by atoms with Crippen LogP contribution in [0.4, 0.5) is 21.6 Å². The van der Waals surface area contributed by atoms with Gasteiger partial charge in [-0.25, -0.2) is 4.68 Å². The van der Waals surface area contributed by atoms with Crippen LogP contribution in [0.3, 0.4) is 0 Å². The van der Waals surface area contributed by atoms with Gasteiger partial charge in [0.15, 0.2) is 0 Å². The van der Waals surface area contributed by atoms with E-state index in [1.54, 1.807) is 29.1 Å². The van der Waals surface area contributed by atoms with Crippen LogP contribution in [0.25, 0.3) is 0 Å². The van der Waals surface area contributed by atoms with E-state index in [4.69, 9.17) is 11.6 Å². The molecule has 2 heterocycles. The summed E-state index contributed by atoms with van der Waals surface area (Å²) in [6.07, 6.45) is 1.48. The standard InChI is InChI=1S/C21H17ClFN5O4/c22-15-3-1-13(2-4-15)11-27-19(7-8-24-27)25-21(30)14-9-20(29)26(12-14)16-5-6-17(23)18(10-16)28(31)32/h1-8,10,14H,9,11-12H2,(H,25,30). The van der Waals surface area contributed by atoms with Gasteiger partial charge in [0.2, 0.25) is 17.6 Å². The molecule has 4 rings (SSSR count). The average molecular weight is 458 g/mol. The van der Waals surface area contributed by atoms with Crippen LogP contribution in [0.1, 0.15) is 12.0 Å². The van der Waals surface area contributed by atoms with Crippen LogP contribution in [-0.4, -0.2) is 33.1 Å². The molecule has 1 aliphatic rings. The van der Waals surface area contributed by atoms with E-state index in [2.05, 4.69) is 10.4 Å². The number of carbonyl (C=O) groups is 2. The summed E-state index contributed by atoms with van der Waals surface area (Å²) in [5, 5.41) is 18.6. The largest absolute Gasteiger partial charge is 0.311 e. The summed E-state index contributed by atoms with van der Waals surface area (Å²) in [6, 6.07) is 12.1. The Morgan fingerprint density at radius 2 is 2.00 bits per heavy atom. The molecule has 1 N–H and O–H groups in total. The van der Waals surface area contributed by atoms with E-state index in [0.29, 0.717) is 17.4 Å². The summed E-state index contributed by atoms with van der Waals surface area (Å²) in [7, 11) is 0. The third kappa shape index (κ3) is 4.45. The molecule has 3 aromatic rings. The van der Waals surface area contributed by atoms with Gasteiger partial charge in [-0.2, -0.15) is 9.49 Å². The van der Waals surface area contributed by atoms with Gasteiger partial charge in [-0.15, -0.1) is 0 Å². The number of aromatic nitrogens is 2. The number of benzene rings is 2. The Bertz CT molecular complexity index is 1200. The second kappa shape index (κ2) is 8.75. The van der Waals surface area contributed by atoms with E-state index < -0.39 is 22.3 Å². The molecule has 9 nitrogen and oxygen atoms in total. The van der Waals surface area contributed by atoms with Crippen molar-refractivity contribution in [2.24, 2.45) is 5.92 Å². The van der Waals surface area contributed by atoms with Crippen molar-refractivity contribution in [3.63, 3.8) is 0 Å². The molecule has 2 aromatic carbocycles. The van der Waals surface area contributed by atoms with Gasteiger partial charge in [-0.05, 0) is 29.8 Å². The van der Waals surface area contributed by atoms with Gasteiger partial charge in [-0.3, -0.25) is 19.7 Å². The number of rotatable bonds is 6. The number of amides is 2. The first-order valence-electron chi connectivity index (χ1n) is 9.63. The number of nitro benzene ring substituents is 1. The number of anilines is 2. The topological polar surface area (TPSA) is 110 Å². The summed E-state index contributed by atoms with van der Waals surface area (Å²) < 4.78 is 15.2. The molecule has 164 valence electrons. The van der Waals surface area contributed by atoms with Crippen molar-refractivity contribution in [1.82, 2.24) is 9.78 Å². The Kier molecular flexibility index (Phi) is 5.87. The third-order valence-electron chi connectivity index (χ3n) is 5.15. The fraction of sp³-hybridized carbons (Fsp3) is 0.190. The van der Waals surface area contributed by atoms with Gasteiger partial charge < -0.3 is 10.2 Å². The normalized spacial score (nSPS) is 15.8. The zero-order valence-corrected chi connectivity index (χ0v) is 17.3. The Balaban J connectivity index is 1.45. The third-order valence-corrected chi connectivity index (χ3v) is 5.40. The molecule has 1 unspecified atom stereocenters. The number of nitrogens with one attached hydrogen (secondary N) is 1. The van der Waals surface area contributed by atoms with Crippen molar-refractivity contribution < 1.29 is 18.9 Å². The minimum absolute atomic E-state index is 0.0266. The van der Waals surface area contributed by atoms with Gasteiger partial charge in [0.1, 0.15) is 5.82 Å². The molecule has 0 saturated carbocycles. The van der Waals surface area contributed by atoms with E-state index in [0.717, 1.165) is 17.7 Å². The minimum atomic E-state index is -0.992. The molecular formula is C21H17ClFN5O4. The van der Waals surface area contributed by atoms with Crippen LogP contribution in [0.15, 0.2) is 54.7 Å². The molecular weight excluding hydrogens is 441 g/mol. The lowest BCUT2D eigenvalue weighted by Crippen LogP contribution is -2.28. The zero-order chi connectivity index (χ0) is 22.8. The fourth-order valence-corrected chi connectivity index (χ4v) is 3.62.